The van der Waals surface area contributed by atoms with Crippen molar-refractivity contribution < 1.29 is 9.84 Å². The number of piperidine rings is 1. The highest BCUT2D eigenvalue weighted by Crippen LogP contribution is 2.17. The van der Waals surface area contributed by atoms with Gasteiger partial charge in [-0.2, -0.15) is 0 Å². The van der Waals surface area contributed by atoms with Gasteiger partial charge in [0.2, 0.25) is 0 Å². The Balaban J connectivity index is 0.00000200. The number of rotatable bonds is 5. The van der Waals surface area contributed by atoms with Gasteiger partial charge in [0.1, 0.15) is 18.5 Å². The highest BCUT2D eigenvalue weighted by molar-refractivity contribution is 5.85. The third-order valence-corrected chi connectivity index (χ3v) is 3.84. The van der Waals surface area contributed by atoms with E-state index < -0.39 is 6.10 Å². The van der Waals surface area contributed by atoms with Gasteiger partial charge < -0.3 is 14.7 Å². The van der Waals surface area contributed by atoms with E-state index in [2.05, 4.69) is 24.8 Å². The standard InChI is InChI=1S/C16H25NO2.ClH/c1-13-6-7-16(10-14(13)2)19-12-15(18)11-17-8-4-3-5-9-17;/h6-7,10,15,18H,3-5,8-9,11-12H2,1-2H3;1H/t15-;/m1./s1. The molecule has 3 nitrogen and oxygen atoms in total. The Labute approximate surface area is 128 Å². The van der Waals surface area contributed by atoms with Crippen LogP contribution in [0.3, 0.4) is 0 Å². The van der Waals surface area contributed by atoms with Crippen molar-refractivity contribution in [3.05, 3.63) is 29.3 Å². The molecular weight excluding hydrogens is 274 g/mol. The number of hydrogen-bond donors (Lipinski definition) is 1. The molecule has 0 bridgehead atoms. The summed E-state index contributed by atoms with van der Waals surface area (Å²) in [5.74, 6) is 0.848. The highest BCUT2D eigenvalue weighted by Gasteiger charge is 2.15. The predicted octanol–water partition coefficient (Wildman–Crippen LogP) is 2.95. The first-order valence-corrected chi connectivity index (χ1v) is 7.25. The van der Waals surface area contributed by atoms with Gasteiger partial charge >= 0.3 is 0 Å². The topological polar surface area (TPSA) is 32.7 Å². The lowest BCUT2D eigenvalue weighted by atomic mass is 10.1. The number of nitrogens with zero attached hydrogens (tertiary/aromatic N) is 1. The normalized spacial score (nSPS) is 17.4. The van der Waals surface area contributed by atoms with E-state index >= 15 is 0 Å². The van der Waals surface area contributed by atoms with Crippen LogP contribution in [0.5, 0.6) is 5.75 Å². The maximum absolute atomic E-state index is 10.0. The van der Waals surface area contributed by atoms with Crippen molar-refractivity contribution in [1.82, 2.24) is 4.90 Å². The van der Waals surface area contributed by atoms with Crippen LogP contribution in [0.4, 0.5) is 0 Å². The summed E-state index contributed by atoms with van der Waals surface area (Å²) in [7, 11) is 0. The SMILES string of the molecule is Cc1ccc(OC[C@H](O)CN2CCCCC2)cc1C.Cl. The number of benzene rings is 1. The molecule has 1 aliphatic heterocycles. The molecule has 1 atom stereocenters. The first kappa shape index (κ1) is 17.3. The predicted molar refractivity (Wildman–Crippen MR) is 85.0 cm³/mol. The van der Waals surface area contributed by atoms with Crippen molar-refractivity contribution in [1.29, 1.82) is 0 Å². The fraction of sp³-hybridized carbons (Fsp3) is 0.625. The van der Waals surface area contributed by atoms with Gasteiger partial charge in [-0.05, 0) is 63.0 Å². The second kappa shape index (κ2) is 8.50. The number of halogens is 1. The molecule has 1 saturated heterocycles. The lowest BCUT2D eigenvalue weighted by molar-refractivity contribution is 0.0617. The summed E-state index contributed by atoms with van der Waals surface area (Å²) in [5.41, 5.74) is 2.49. The molecule has 4 heteroatoms. The summed E-state index contributed by atoms with van der Waals surface area (Å²) in [6.07, 6.45) is 3.43. The van der Waals surface area contributed by atoms with Gasteiger partial charge in [0.05, 0.1) is 0 Å². The molecule has 1 aromatic rings. The van der Waals surface area contributed by atoms with E-state index in [1.165, 1.54) is 30.4 Å². The maximum Gasteiger partial charge on any atom is 0.119 e. The molecule has 114 valence electrons. The van der Waals surface area contributed by atoms with Crippen LogP contribution in [0.25, 0.3) is 0 Å². The minimum Gasteiger partial charge on any atom is -0.491 e. The number of hydrogen-bond acceptors (Lipinski definition) is 3. The van der Waals surface area contributed by atoms with E-state index in [0.717, 1.165) is 25.4 Å². The molecule has 20 heavy (non-hydrogen) atoms. The Morgan fingerprint density at radius 2 is 1.85 bits per heavy atom. The van der Waals surface area contributed by atoms with E-state index in [-0.39, 0.29) is 12.4 Å². The van der Waals surface area contributed by atoms with Crippen molar-refractivity contribution in [3.63, 3.8) is 0 Å². The fourth-order valence-electron chi connectivity index (χ4n) is 2.49. The van der Waals surface area contributed by atoms with E-state index in [1.54, 1.807) is 0 Å². The molecule has 0 aliphatic carbocycles. The van der Waals surface area contributed by atoms with Crippen LogP contribution in [-0.4, -0.2) is 42.4 Å². The van der Waals surface area contributed by atoms with Crippen LogP contribution in [0, 0.1) is 13.8 Å². The summed E-state index contributed by atoms with van der Waals surface area (Å²) >= 11 is 0. The molecule has 0 spiro atoms. The zero-order valence-electron chi connectivity index (χ0n) is 12.5. The summed E-state index contributed by atoms with van der Waals surface area (Å²) in [4.78, 5) is 2.33. The van der Waals surface area contributed by atoms with Crippen LogP contribution in [0.1, 0.15) is 30.4 Å². The molecule has 1 aromatic carbocycles. The Morgan fingerprint density at radius 1 is 1.15 bits per heavy atom. The highest BCUT2D eigenvalue weighted by atomic mass is 35.5. The second-order valence-electron chi connectivity index (χ2n) is 5.57. The van der Waals surface area contributed by atoms with E-state index in [0.29, 0.717) is 6.61 Å². The number of likely N-dealkylation sites (tertiary alicyclic amines) is 1. The smallest absolute Gasteiger partial charge is 0.119 e. The van der Waals surface area contributed by atoms with Gasteiger partial charge in [0, 0.05) is 6.54 Å². The van der Waals surface area contributed by atoms with Gasteiger partial charge in [0.25, 0.3) is 0 Å². The fourth-order valence-corrected chi connectivity index (χ4v) is 2.49. The van der Waals surface area contributed by atoms with E-state index in [1.807, 2.05) is 12.1 Å². The molecule has 0 aromatic heterocycles. The zero-order chi connectivity index (χ0) is 13.7. The second-order valence-corrected chi connectivity index (χ2v) is 5.57. The van der Waals surface area contributed by atoms with Gasteiger partial charge in [-0.3, -0.25) is 0 Å². The van der Waals surface area contributed by atoms with Crippen LogP contribution >= 0.6 is 12.4 Å². The van der Waals surface area contributed by atoms with Gasteiger partial charge in [-0.25, -0.2) is 0 Å². The summed E-state index contributed by atoms with van der Waals surface area (Å²) in [6, 6.07) is 6.06. The van der Waals surface area contributed by atoms with Gasteiger partial charge in [0.15, 0.2) is 0 Å². The summed E-state index contributed by atoms with van der Waals surface area (Å²) in [6.45, 7) is 7.49. The average molecular weight is 300 g/mol. The van der Waals surface area contributed by atoms with Crippen molar-refractivity contribution in [2.75, 3.05) is 26.2 Å². The first-order valence-electron chi connectivity index (χ1n) is 7.25. The van der Waals surface area contributed by atoms with Crippen LogP contribution in [0.2, 0.25) is 0 Å². The third-order valence-electron chi connectivity index (χ3n) is 3.84. The van der Waals surface area contributed by atoms with Crippen molar-refractivity contribution in [2.24, 2.45) is 0 Å². The monoisotopic (exact) mass is 299 g/mol. The number of aliphatic hydroxyl groups is 1. The van der Waals surface area contributed by atoms with E-state index in [9.17, 15) is 5.11 Å². The van der Waals surface area contributed by atoms with Crippen LogP contribution < -0.4 is 4.74 Å². The Hall–Kier alpha value is -0.770. The maximum atomic E-state index is 10.0. The Bertz CT molecular complexity index is 405. The third kappa shape index (κ3) is 5.31. The lowest BCUT2D eigenvalue weighted by Gasteiger charge is -2.28. The summed E-state index contributed by atoms with van der Waals surface area (Å²) < 4.78 is 5.67. The quantitative estimate of drug-likeness (QED) is 0.907. The minimum absolute atomic E-state index is 0. The Kier molecular flexibility index (Phi) is 7.35. The molecule has 1 fully saturated rings. The number of aliphatic hydroxyl groups excluding tert-OH is 1. The molecule has 0 radical (unpaired) electrons. The van der Waals surface area contributed by atoms with Crippen molar-refractivity contribution in [2.45, 2.75) is 39.2 Å². The zero-order valence-corrected chi connectivity index (χ0v) is 13.3. The van der Waals surface area contributed by atoms with Crippen molar-refractivity contribution >= 4 is 12.4 Å². The molecular formula is C16H26ClNO2. The molecule has 1 aliphatic rings. The van der Waals surface area contributed by atoms with E-state index in [4.69, 9.17) is 4.74 Å². The molecule has 1 heterocycles. The largest absolute Gasteiger partial charge is 0.491 e. The molecule has 2 rings (SSSR count). The first-order chi connectivity index (χ1) is 9.15. The number of aryl methyl sites for hydroxylation is 2. The molecule has 0 amide bonds. The minimum atomic E-state index is -0.403. The van der Waals surface area contributed by atoms with Crippen LogP contribution in [-0.2, 0) is 0 Å². The van der Waals surface area contributed by atoms with Crippen molar-refractivity contribution in [3.8, 4) is 5.75 Å². The molecule has 0 saturated carbocycles. The molecule has 1 N–H and O–H groups in total. The summed E-state index contributed by atoms with van der Waals surface area (Å²) in [5, 5.41) is 10.0. The average Bonchev–Trinajstić information content (AvgIpc) is 2.41. The lowest BCUT2D eigenvalue weighted by Crippen LogP contribution is -2.38. The van der Waals surface area contributed by atoms with Crippen LogP contribution in [0.15, 0.2) is 18.2 Å². The molecule has 0 unspecified atom stereocenters. The number of β-amino-alcohol motifs (C(OH)–C–C–N with tert-alkyl or cyclic N) is 1. The Morgan fingerprint density at radius 3 is 2.50 bits per heavy atom. The van der Waals surface area contributed by atoms with Gasteiger partial charge in [-0.1, -0.05) is 12.5 Å². The van der Waals surface area contributed by atoms with Gasteiger partial charge in [-0.15, -0.1) is 12.4 Å². The number of ether oxygens (including phenoxy) is 1.